The van der Waals surface area contributed by atoms with Crippen LogP contribution in [0.2, 0.25) is 0 Å². The number of aromatic nitrogens is 1. The second kappa shape index (κ2) is 7.55. The van der Waals surface area contributed by atoms with Gasteiger partial charge in [0.15, 0.2) is 0 Å². The fourth-order valence-corrected chi connectivity index (χ4v) is 3.42. The first-order chi connectivity index (χ1) is 12.1. The minimum absolute atomic E-state index is 0.0386. The molecule has 0 aliphatic carbocycles. The van der Waals surface area contributed by atoms with E-state index < -0.39 is 0 Å². The van der Waals surface area contributed by atoms with Gasteiger partial charge in [-0.15, -0.1) is 0 Å². The molecule has 0 bridgehead atoms. The maximum atomic E-state index is 13.1. The highest BCUT2D eigenvalue weighted by Crippen LogP contribution is 2.24. The van der Waals surface area contributed by atoms with Gasteiger partial charge < -0.3 is 14.7 Å². The number of nitrogens with zero attached hydrogens (tertiary/aromatic N) is 4. The van der Waals surface area contributed by atoms with Gasteiger partial charge in [-0.2, -0.15) is 0 Å². The third-order valence-corrected chi connectivity index (χ3v) is 4.83. The van der Waals surface area contributed by atoms with E-state index in [1.54, 1.807) is 6.20 Å². The molecule has 1 fully saturated rings. The largest absolute Gasteiger partial charge is 0.369 e. The summed E-state index contributed by atoms with van der Waals surface area (Å²) in [6, 6.07) is 14.3. The number of rotatable bonds is 4. The highest BCUT2D eigenvalue weighted by atomic mass is 16.2. The van der Waals surface area contributed by atoms with Gasteiger partial charge in [0.05, 0.1) is 5.56 Å². The van der Waals surface area contributed by atoms with Crippen LogP contribution >= 0.6 is 0 Å². The van der Waals surface area contributed by atoms with E-state index in [9.17, 15) is 4.79 Å². The first-order valence-electron chi connectivity index (χ1n) is 8.77. The summed E-state index contributed by atoms with van der Waals surface area (Å²) in [5, 5.41) is 0. The SMILES string of the molecule is CN(C)c1ncccc1C(=O)N(C)C1CCCN(c2ccccc2)C1. The Balaban J connectivity index is 1.76. The molecule has 132 valence electrons. The van der Waals surface area contributed by atoms with E-state index in [-0.39, 0.29) is 11.9 Å². The third-order valence-electron chi connectivity index (χ3n) is 4.83. The number of likely N-dealkylation sites (N-methyl/N-ethyl adjacent to an activating group) is 1. The molecule has 1 aromatic carbocycles. The Labute approximate surface area is 149 Å². The Bertz CT molecular complexity index is 717. The van der Waals surface area contributed by atoms with Gasteiger partial charge in [0.2, 0.25) is 0 Å². The molecule has 1 aliphatic rings. The van der Waals surface area contributed by atoms with Crippen LogP contribution in [0.15, 0.2) is 48.7 Å². The molecule has 0 saturated carbocycles. The molecule has 2 heterocycles. The number of para-hydroxylation sites is 1. The monoisotopic (exact) mass is 338 g/mol. The Morgan fingerprint density at radius 1 is 1.12 bits per heavy atom. The zero-order valence-electron chi connectivity index (χ0n) is 15.2. The summed E-state index contributed by atoms with van der Waals surface area (Å²) in [7, 11) is 5.74. The molecule has 0 N–H and O–H groups in total. The number of piperidine rings is 1. The normalized spacial score (nSPS) is 17.2. The number of carbonyl (C=O) groups excluding carboxylic acids is 1. The molecule has 0 spiro atoms. The Morgan fingerprint density at radius 2 is 1.88 bits per heavy atom. The number of anilines is 2. The first kappa shape index (κ1) is 17.3. The molecule has 1 atom stereocenters. The summed E-state index contributed by atoms with van der Waals surface area (Å²) in [5.74, 6) is 0.756. The van der Waals surface area contributed by atoms with Crippen LogP contribution in [-0.4, -0.2) is 56.1 Å². The minimum atomic E-state index is 0.0386. The lowest BCUT2D eigenvalue weighted by atomic mass is 10.0. The summed E-state index contributed by atoms with van der Waals surface area (Å²) in [4.78, 5) is 23.6. The van der Waals surface area contributed by atoms with E-state index in [1.807, 2.05) is 49.1 Å². The number of carbonyl (C=O) groups is 1. The fraction of sp³-hybridized carbons (Fsp3) is 0.400. The predicted octanol–water partition coefficient (Wildman–Crippen LogP) is 2.89. The first-order valence-corrected chi connectivity index (χ1v) is 8.77. The van der Waals surface area contributed by atoms with Gasteiger partial charge in [-0.1, -0.05) is 18.2 Å². The molecule has 25 heavy (non-hydrogen) atoms. The van der Waals surface area contributed by atoms with E-state index in [1.165, 1.54) is 5.69 Å². The van der Waals surface area contributed by atoms with Gasteiger partial charge in [-0.05, 0) is 37.1 Å². The molecule has 1 aliphatic heterocycles. The quantitative estimate of drug-likeness (QED) is 0.859. The van der Waals surface area contributed by atoms with Crippen molar-refractivity contribution >= 4 is 17.4 Å². The van der Waals surface area contributed by atoms with E-state index in [2.05, 4.69) is 34.1 Å². The summed E-state index contributed by atoms with van der Waals surface area (Å²) in [5.41, 5.74) is 1.88. The number of amides is 1. The van der Waals surface area contributed by atoms with E-state index in [0.29, 0.717) is 5.56 Å². The molecule has 1 unspecified atom stereocenters. The van der Waals surface area contributed by atoms with Crippen LogP contribution in [0.25, 0.3) is 0 Å². The molecule has 5 nitrogen and oxygen atoms in total. The molecule has 0 radical (unpaired) electrons. The van der Waals surface area contributed by atoms with Crippen molar-refractivity contribution in [1.82, 2.24) is 9.88 Å². The Hall–Kier alpha value is -2.56. The second-order valence-corrected chi connectivity index (χ2v) is 6.76. The lowest BCUT2D eigenvalue weighted by Gasteiger charge is -2.39. The standard InChI is InChI=1S/C20H26N4O/c1-22(2)19-18(12-7-13-21-19)20(25)23(3)17-11-8-14-24(15-17)16-9-5-4-6-10-16/h4-7,9-10,12-13,17H,8,11,14-15H2,1-3H3. The number of hydrogen-bond donors (Lipinski definition) is 0. The summed E-state index contributed by atoms with van der Waals surface area (Å²) < 4.78 is 0. The second-order valence-electron chi connectivity index (χ2n) is 6.76. The number of benzene rings is 1. The van der Waals surface area contributed by atoms with Crippen LogP contribution in [0.3, 0.4) is 0 Å². The molecular formula is C20H26N4O. The molecular weight excluding hydrogens is 312 g/mol. The van der Waals surface area contributed by atoms with Crippen molar-refractivity contribution in [3.8, 4) is 0 Å². The average molecular weight is 338 g/mol. The topological polar surface area (TPSA) is 39.7 Å². The van der Waals surface area contributed by atoms with Crippen LogP contribution in [-0.2, 0) is 0 Å². The zero-order chi connectivity index (χ0) is 17.8. The van der Waals surface area contributed by atoms with Crippen LogP contribution < -0.4 is 9.80 Å². The van der Waals surface area contributed by atoms with Gasteiger partial charge >= 0.3 is 0 Å². The minimum Gasteiger partial charge on any atom is -0.369 e. The van der Waals surface area contributed by atoms with Crippen molar-refractivity contribution in [2.45, 2.75) is 18.9 Å². The van der Waals surface area contributed by atoms with Crippen LogP contribution in [0.4, 0.5) is 11.5 Å². The van der Waals surface area contributed by atoms with Crippen molar-refractivity contribution in [3.63, 3.8) is 0 Å². The molecule has 3 rings (SSSR count). The Morgan fingerprint density at radius 3 is 2.60 bits per heavy atom. The van der Waals surface area contributed by atoms with Gasteiger partial charge in [0, 0.05) is 52.2 Å². The van der Waals surface area contributed by atoms with Crippen LogP contribution in [0, 0.1) is 0 Å². The zero-order valence-corrected chi connectivity index (χ0v) is 15.2. The van der Waals surface area contributed by atoms with Gasteiger partial charge in [0.1, 0.15) is 5.82 Å². The number of pyridine rings is 1. The molecule has 5 heteroatoms. The highest BCUT2D eigenvalue weighted by molar-refractivity contribution is 5.98. The van der Waals surface area contributed by atoms with Gasteiger partial charge in [-0.25, -0.2) is 4.98 Å². The van der Waals surface area contributed by atoms with Gasteiger partial charge in [0.25, 0.3) is 5.91 Å². The third kappa shape index (κ3) is 3.76. The van der Waals surface area contributed by atoms with E-state index in [4.69, 9.17) is 0 Å². The molecule has 1 amide bonds. The Kier molecular flexibility index (Phi) is 5.22. The van der Waals surface area contributed by atoms with Crippen molar-refractivity contribution in [1.29, 1.82) is 0 Å². The van der Waals surface area contributed by atoms with Gasteiger partial charge in [-0.3, -0.25) is 4.79 Å². The number of hydrogen-bond acceptors (Lipinski definition) is 4. The summed E-state index contributed by atoms with van der Waals surface area (Å²) in [6.45, 7) is 1.90. The van der Waals surface area contributed by atoms with E-state index >= 15 is 0 Å². The summed E-state index contributed by atoms with van der Waals surface area (Å²) >= 11 is 0. The predicted molar refractivity (Wildman–Crippen MR) is 102 cm³/mol. The molecule has 1 aromatic heterocycles. The van der Waals surface area contributed by atoms with Crippen molar-refractivity contribution in [2.24, 2.45) is 0 Å². The van der Waals surface area contributed by atoms with Crippen molar-refractivity contribution in [2.75, 3.05) is 44.0 Å². The van der Waals surface area contributed by atoms with Crippen molar-refractivity contribution < 1.29 is 4.79 Å². The lowest BCUT2D eigenvalue weighted by Crippen LogP contribution is -2.48. The molecule has 2 aromatic rings. The highest BCUT2D eigenvalue weighted by Gasteiger charge is 2.28. The smallest absolute Gasteiger partial charge is 0.257 e. The van der Waals surface area contributed by atoms with Crippen LogP contribution in [0.1, 0.15) is 23.2 Å². The lowest BCUT2D eigenvalue weighted by molar-refractivity contribution is 0.0718. The maximum Gasteiger partial charge on any atom is 0.257 e. The summed E-state index contributed by atoms with van der Waals surface area (Å²) in [6.07, 6.45) is 3.84. The van der Waals surface area contributed by atoms with Crippen molar-refractivity contribution in [3.05, 3.63) is 54.2 Å². The molecule has 1 saturated heterocycles. The van der Waals surface area contributed by atoms with E-state index in [0.717, 1.165) is 31.7 Å². The average Bonchev–Trinajstić information content (AvgIpc) is 2.67. The fourth-order valence-electron chi connectivity index (χ4n) is 3.42. The van der Waals surface area contributed by atoms with Crippen LogP contribution in [0.5, 0.6) is 0 Å². The maximum absolute atomic E-state index is 13.1.